The molecule has 0 saturated carbocycles. The molecule has 80 valence electrons. The molecule has 0 atom stereocenters. The highest BCUT2D eigenvalue weighted by molar-refractivity contribution is 7.91. The van der Waals surface area contributed by atoms with E-state index < -0.39 is 9.84 Å². The summed E-state index contributed by atoms with van der Waals surface area (Å²) < 4.78 is 23.3. The van der Waals surface area contributed by atoms with E-state index in [0.29, 0.717) is 6.42 Å². The van der Waals surface area contributed by atoms with Crippen molar-refractivity contribution in [2.45, 2.75) is 11.4 Å². The molecule has 0 aliphatic rings. The molecule has 0 saturated heterocycles. The lowest BCUT2D eigenvalue weighted by Crippen LogP contribution is -2.12. The van der Waals surface area contributed by atoms with Crippen molar-refractivity contribution in [1.29, 1.82) is 5.26 Å². The summed E-state index contributed by atoms with van der Waals surface area (Å²) in [6.45, 7) is 0. The van der Waals surface area contributed by atoms with Crippen LogP contribution in [0.5, 0.6) is 0 Å². The molecule has 0 N–H and O–H groups in total. The average Bonchev–Trinajstić information content (AvgIpc) is 2.26. The van der Waals surface area contributed by atoms with Crippen LogP contribution >= 0.6 is 11.6 Å². The second kappa shape index (κ2) is 5.05. The zero-order valence-corrected chi connectivity index (χ0v) is 9.29. The normalized spacial score (nSPS) is 10.9. The molecule has 7 heteroatoms. The number of sulfone groups is 1. The standard InChI is InChI=1S/C8H8ClN3O2S/c9-2-1-5-15(13,14)8-7(6-10)11-3-4-12-8/h3-4H,1-2,5H2. The Labute approximate surface area is 92.7 Å². The number of alkyl halides is 1. The van der Waals surface area contributed by atoms with E-state index in [1.165, 1.54) is 12.4 Å². The van der Waals surface area contributed by atoms with Crippen molar-refractivity contribution >= 4 is 21.4 Å². The summed E-state index contributed by atoms with van der Waals surface area (Å²) in [6, 6.07) is 1.69. The number of rotatable bonds is 4. The topological polar surface area (TPSA) is 83.7 Å². The smallest absolute Gasteiger partial charge is 0.198 e. The highest BCUT2D eigenvalue weighted by atomic mass is 35.5. The Morgan fingerprint density at radius 1 is 1.40 bits per heavy atom. The summed E-state index contributed by atoms with van der Waals surface area (Å²) in [5, 5.41) is 8.40. The minimum absolute atomic E-state index is 0.121. The minimum Gasteiger partial charge on any atom is -0.241 e. The van der Waals surface area contributed by atoms with E-state index in [9.17, 15) is 8.42 Å². The Morgan fingerprint density at radius 2 is 2.07 bits per heavy atom. The largest absolute Gasteiger partial charge is 0.241 e. The summed E-state index contributed by atoms with van der Waals surface area (Å²) in [5.41, 5.74) is -0.174. The molecule has 0 radical (unpaired) electrons. The Kier molecular flexibility index (Phi) is 4.00. The van der Waals surface area contributed by atoms with Crippen LogP contribution in [0.3, 0.4) is 0 Å². The van der Waals surface area contributed by atoms with Gasteiger partial charge in [0.2, 0.25) is 0 Å². The van der Waals surface area contributed by atoms with Crippen LogP contribution < -0.4 is 0 Å². The fourth-order valence-corrected chi connectivity index (χ4v) is 2.60. The molecule has 0 aliphatic heterocycles. The second-order valence-electron chi connectivity index (χ2n) is 2.68. The molecule has 0 amide bonds. The molecule has 0 spiro atoms. The first-order valence-corrected chi connectivity index (χ1v) is 6.30. The number of aromatic nitrogens is 2. The summed E-state index contributed by atoms with van der Waals surface area (Å²) in [5.74, 6) is 0.130. The van der Waals surface area contributed by atoms with Crippen molar-refractivity contribution in [3.05, 3.63) is 18.1 Å². The molecule has 5 nitrogen and oxygen atoms in total. The van der Waals surface area contributed by atoms with Crippen molar-refractivity contribution < 1.29 is 8.42 Å². The fraction of sp³-hybridized carbons (Fsp3) is 0.375. The number of hydrogen-bond acceptors (Lipinski definition) is 5. The van der Waals surface area contributed by atoms with Gasteiger partial charge >= 0.3 is 0 Å². The van der Waals surface area contributed by atoms with Crippen LogP contribution in [0.4, 0.5) is 0 Å². The Balaban J connectivity index is 3.11. The fourth-order valence-electron chi connectivity index (χ4n) is 0.971. The average molecular weight is 246 g/mol. The van der Waals surface area contributed by atoms with E-state index >= 15 is 0 Å². The number of hydrogen-bond donors (Lipinski definition) is 0. The molecule has 15 heavy (non-hydrogen) atoms. The molecule has 0 bridgehead atoms. The van der Waals surface area contributed by atoms with Crippen molar-refractivity contribution in [2.24, 2.45) is 0 Å². The highest BCUT2D eigenvalue weighted by Crippen LogP contribution is 2.11. The van der Waals surface area contributed by atoms with Gasteiger partial charge in [0.15, 0.2) is 20.6 Å². The Bertz CT molecular complexity index is 481. The first-order chi connectivity index (χ1) is 7.11. The van der Waals surface area contributed by atoms with E-state index in [1.807, 2.05) is 0 Å². The molecule has 0 aliphatic carbocycles. The second-order valence-corrected chi connectivity index (χ2v) is 5.09. The van der Waals surface area contributed by atoms with Gasteiger partial charge in [0.05, 0.1) is 5.75 Å². The summed E-state index contributed by atoms with van der Waals surface area (Å²) in [7, 11) is -3.55. The minimum atomic E-state index is -3.55. The quantitative estimate of drug-likeness (QED) is 0.731. The molecular weight excluding hydrogens is 238 g/mol. The third-order valence-electron chi connectivity index (χ3n) is 1.61. The van der Waals surface area contributed by atoms with E-state index in [4.69, 9.17) is 16.9 Å². The third kappa shape index (κ3) is 2.88. The van der Waals surface area contributed by atoms with Crippen molar-refractivity contribution in [1.82, 2.24) is 9.97 Å². The van der Waals surface area contributed by atoms with E-state index in [2.05, 4.69) is 9.97 Å². The number of halogens is 1. The lowest BCUT2D eigenvalue weighted by molar-refractivity contribution is 0.590. The molecule has 0 aromatic carbocycles. The van der Waals surface area contributed by atoms with Gasteiger partial charge < -0.3 is 0 Å². The van der Waals surface area contributed by atoms with Crippen molar-refractivity contribution in [3.8, 4) is 6.07 Å². The van der Waals surface area contributed by atoms with Gasteiger partial charge in [-0.1, -0.05) is 0 Å². The van der Waals surface area contributed by atoms with Crippen LogP contribution in [0, 0.1) is 11.3 Å². The molecule has 0 unspecified atom stereocenters. The van der Waals surface area contributed by atoms with Gasteiger partial charge in [-0.15, -0.1) is 11.6 Å². The van der Waals surface area contributed by atoms with Gasteiger partial charge in [0, 0.05) is 18.3 Å². The Morgan fingerprint density at radius 3 is 2.67 bits per heavy atom. The van der Waals surface area contributed by atoms with Crippen LogP contribution in [-0.4, -0.2) is 30.0 Å². The zero-order valence-electron chi connectivity index (χ0n) is 7.72. The van der Waals surface area contributed by atoms with Gasteiger partial charge in [0.1, 0.15) is 6.07 Å². The lowest BCUT2D eigenvalue weighted by Gasteiger charge is -2.02. The van der Waals surface area contributed by atoms with Crippen LogP contribution in [0.1, 0.15) is 12.1 Å². The van der Waals surface area contributed by atoms with Gasteiger partial charge in [-0.05, 0) is 6.42 Å². The molecular formula is C8H8ClN3O2S. The predicted octanol–water partition coefficient (Wildman–Crippen LogP) is 0.751. The molecule has 1 heterocycles. The maximum absolute atomic E-state index is 11.7. The van der Waals surface area contributed by atoms with Gasteiger partial charge in [-0.3, -0.25) is 0 Å². The van der Waals surface area contributed by atoms with Crippen LogP contribution in [0.2, 0.25) is 0 Å². The van der Waals surface area contributed by atoms with Crippen LogP contribution in [-0.2, 0) is 9.84 Å². The van der Waals surface area contributed by atoms with Gasteiger partial charge in [-0.2, -0.15) is 5.26 Å². The summed E-state index contributed by atoms with van der Waals surface area (Å²) >= 11 is 5.40. The Hall–Kier alpha value is -1.19. The van der Waals surface area contributed by atoms with E-state index in [0.717, 1.165) is 0 Å². The van der Waals surface area contributed by atoms with Crippen LogP contribution in [0.15, 0.2) is 17.4 Å². The van der Waals surface area contributed by atoms with Crippen molar-refractivity contribution in [3.63, 3.8) is 0 Å². The molecule has 0 fully saturated rings. The number of nitriles is 1. The number of nitrogens with zero attached hydrogens (tertiary/aromatic N) is 3. The van der Waals surface area contributed by atoms with Gasteiger partial charge in [-0.25, -0.2) is 18.4 Å². The maximum atomic E-state index is 11.7. The molecule has 1 aromatic heterocycles. The monoisotopic (exact) mass is 245 g/mol. The third-order valence-corrected chi connectivity index (χ3v) is 3.59. The predicted molar refractivity (Wildman–Crippen MR) is 54.1 cm³/mol. The maximum Gasteiger partial charge on any atom is 0.198 e. The van der Waals surface area contributed by atoms with Crippen molar-refractivity contribution in [2.75, 3.05) is 11.6 Å². The lowest BCUT2D eigenvalue weighted by atomic mass is 10.5. The first kappa shape index (κ1) is 11.9. The highest BCUT2D eigenvalue weighted by Gasteiger charge is 2.20. The van der Waals surface area contributed by atoms with E-state index in [-0.39, 0.29) is 22.4 Å². The van der Waals surface area contributed by atoms with E-state index in [1.54, 1.807) is 6.07 Å². The summed E-state index contributed by atoms with van der Waals surface area (Å²) in [6.07, 6.45) is 2.85. The van der Waals surface area contributed by atoms with Gasteiger partial charge in [0.25, 0.3) is 0 Å². The van der Waals surface area contributed by atoms with Crippen LogP contribution in [0.25, 0.3) is 0 Å². The summed E-state index contributed by atoms with van der Waals surface area (Å²) in [4.78, 5) is 7.29. The zero-order chi connectivity index (χ0) is 11.3. The molecule has 1 aromatic rings. The first-order valence-electron chi connectivity index (χ1n) is 4.11. The molecule has 1 rings (SSSR count). The SMILES string of the molecule is N#Cc1nccnc1S(=O)(=O)CCCCl.